The molecule has 1 aromatic rings. The van der Waals surface area contributed by atoms with Gasteiger partial charge in [0.2, 0.25) is 10.0 Å². The highest BCUT2D eigenvalue weighted by Gasteiger charge is 2.29. The predicted molar refractivity (Wildman–Crippen MR) is 81.7 cm³/mol. The molecule has 0 bridgehead atoms. The number of carboxylic acids is 1. The highest BCUT2D eigenvalue weighted by atomic mass is 32.2. The van der Waals surface area contributed by atoms with E-state index in [1.54, 1.807) is 19.1 Å². The van der Waals surface area contributed by atoms with Gasteiger partial charge in [-0.2, -0.15) is 4.72 Å². The van der Waals surface area contributed by atoms with Crippen molar-refractivity contribution in [1.82, 2.24) is 4.72 Å². The molecule has 0 aliphatic rings. The summed E-state index contributed by atoms with van der Waals surface area (Å²) in [6.45, 7) is 7.58. The number of rotatable bonds is 7. The monoisotopic (exact) mass is 313 g/mol. The molecule has 1 rings (SSSR count). The molecule has 0 spiro atoms. The third-order valence-electron chi connectivity index (χ3n) is 3.62. The van der Waals surface area contributed by atoms with Gasteiger partial charge in [-0.15, -0.1) is 0 Å². The lowest BCUT2D eigenvalue weighted by Gasteiger charge is -2.20. The van der Waals surface area contributed by atoms with Crippen LogP contribution in [0.15, 0.2) is 29.2 Å². The van der Waals surface area contributed by atoms with E-state index in [2.05, 4.69) is 4.72 Å². The summed E-state index contributed by atoms with van der Waals surface area (Å²) in [5.41, 5.74) is 1.03. The molecule has 0 heterocycles. The Labute approximate surface area is 126 Å². The topological polar surface area (TPSA) is 83.5 Å². The number of carboxylic acid groups (broad SMARTS) is 1. The van der Waals surface area contributed by atoms with Crippen molar-refractivity contribution in [3.05, 3.63) is 29.8 Å². The predicted octanol–water partition coefficient (Wildman–Crippen LogP) is 2.59. The minimum atomic E-state index is -3.83. The Morgan fingerprint density at radius 1 is 1.19 bits per heavy atom. The molecule has 118 valence electrons. The standard InChI is InChI=1S/C15H23NO4S/c1-5-11(4)14(15(17)18)16-21(19,20)13-8-6-12(7-9-13)10(2)3/h6-11,14,16H,5H2,1-4H3,(H,17,18)/t11?,14-/m0/s1. The fourth-order valence-electron chi connectivity index (χ4n) is 1.91. The molecule has 21 heavy (non-hydrogen) atoms. The van der Waals surface area contributed by atoms with Gasteiger partial charge in [0.25, 0.3) is 0 Å². The Hall–Kier alpha value is -1.40. The van der Waals surface area contributed by atoms with Crippen LogP contribution in [0.2, 0.25) is 0 Å². The molecule has 0 aliphatic carbocycles. The molecular formula is C15H23NO4S. The largest absolute Gasteiger partial charge is 0.480 e. The highest BCUT2D eigenvalue weighted by Crippen LogP contribution is 2.18. The van der Waals surface area contributed by atoms with E-state index < -0.39 is 22.0 Å². The van der Waals surface area contributed by atoms with Crippen LogP contribution < -0.4 is 4.72 Å². The number of nitrogens with one attached hydrogen (secondary N) is 1. The molecule has 0 radical (unpaired) electrons. The molecule has 0 amide bonds. The summed E-state index contributed by atoms with van der Waals surface area (Å²) in [5.74, 6) is -1.14. The van der Waals surface area contributed by atoms with Crippen LogP contribution in [0.5, 0.6) is 0 Å². The van der Waals surface area contributed by atoms with E-state index in [0.717, 1.165) is 5.56 Å². The van der Waals surface area contributed by atoms with Gasteiger partial charge >= 0.3 is 5.97 Å². The molecule has 2 atom stereocenters. The molecule has 0 aromatic heterocycles. The van der Waals surface area contributed by atoms with E-state index in [9.17, 15) is 18.3 Å². The number of carbonyl (C=O) groups is 1. The lowest BCUT2D eigenvalue weighted by atomic mass is 10.0. The zero-order valence-corrected chi connectivity index (χ0v) is 13.6. The molecule has 0 saturated carbocycles. The summed E-state index contributed by atoms with van der Waals surface area (Å²) in [7, 11) is -3.83. The van der Waals surface area contributed by atoms with Crippen LogP contribution in [0.3, 0.4) is 0 Å². The molecule has 0 saturated heterocycles. The maximum atomic E-state index is 12.3. The number of sulfonamides is 1. The van der Waals surface area contributed by atoms with E-state index in [1.807, 2.05) is 20.8 Å². The van der Waals surface area contributed by atoms with E-state index in [4.69, 9.17) is 0 Å². The summed E-state index contributed by atoms with van der Waals surface area (Å²) in [5, 5.41) is 9.17. The molecule has 6 heteroatoms. The Morgan fingerprint density at radius 2 is 1.71 bits per heavy atom. The van der Waals surface area contributed by atoms with Gasteiger partial charge in [0.05, 0.1) is 4.90 Å². The van der Waals surface area contributed by atoms with E-state index in [1.165, 1.54) is 12.1 Å². The fraction of sp³-hybridized carbons (Fsp3) is 0.533. The van der Waals surface area contributed by atoms with E-state index in [-0.39, 0.29) is 10.8 Å². The maximum absolute atomic E-state index is 12.3. The number of benzene rings is 1. The summed E-state index contributed by atoms with van der Waals surface area (Å²) < 4.78 is 26.8. The Bertz CT molecular complexity index is 578. The van der Waals surface area contributed by atoms with Crippen LogP contribution in [0, 0.1) is 5.92 Å². The smallest absolute Gasteiger partial charge is 0.322 e. The Balaban J connectivity index is 3.02. The number of hydrogen-bond acceptors (Lipinski definition) is 3. The second-order valence-electron chi connectivity index (χ2n) is 5.55. The quantitative estimate of drug-likeness (QED) is 0.810. The number of aliphatic carboxylic acids is 1. The lowest BCUT2D eigenvalue weighted by Crippen LogP contribution is -2.44. The van der Waals surface area contributed by atoms with Crippen LogP contribution in [0.25, 0.3) is 0 Å². The first-order valence-electron chi connectivity index (χ1n) is 7.04. The molecule has 1 unspecified atom stereocenters. The van der Waals surface area contributed by atoms with Crippen molar-refractivity contribution in [1.29, 1.82) is 0 Å². The first-order chi connectivity index (χ1) is 9.69. The molecule has 1 aromatic carbocycles. The average Bonchev–Trinajstić information content (AvgIpc) is 2.43. The van der Waals surface area contributed by atoms with Gasteiger partial charge in [0, 0.05) is 0 Å². The molecular weight excluding hydrogens is 290 g/mol. The van der Waals surface area contributed by atoms with Gasteiger partial charge in [0.1, 0.15) is 6.04 Å². The second-order valence-corrected chi connectivity index (χ2v) is 7.26. The summed E-state index contributed by atoms with van der Waals surface area (Å²) >= 11 is 0. The van der Waals surface area contributed by atoms with Crippen molar-refractivity contribution < 1.29 is 18.3 Å². The van der Waals surface area contributed by atoms with Crippen LogP contribution in [-0.4, -0.2) is 25.5 Å². The van der Waals surface area contributed by atoms with Gasteiger partial charge < -0.3 is 5.11 Å². The van der Waals surface area contributed by atoms with Gasteiger partial charge in [-0.05, 0) is 29.5 Å². The van der Waals surface area contributed by atoms with Gasteiger partial charge in [-0.3, -0.25) is 4.79 Å². The molecule has 0 fully saturated rings. The SMILES string of the molecule is CCC(C)[C@H](NS(=O)(=O)c1ccc(C(C)C)cc1)C(=O)O. The summed E-state index contributed by atoms with van der Waals surface area (Å²) in [6.07, 6.45) is 0.575. The van der Waals surface area contributed by atoms with Crippen LogP contribution in [0.4, 0.5) is 0 Å². The van der Waals surface area contributed by atoms with E-state index in [0.29, 0.717) is 12.3 Å². The van der Waals surface area contributed by atoms with Gasteiger partial charge in [0.15, 0.2) is 0 Å². The van der Waals surface area contributed by atoms with Gasteiger partial charge in [-0.25, -0.2) is 8.42 Å². The normalized spacial score (nSPS) is 14.9. The van der Waals surface area contributed by atoms with Crippen molar-refractivity contribution in [3.8, 4) is 0 Å². The van der Waals surface area contributed by atoms with Crippen molar-refractivity contribution in [2.24, 2.45) is 5.92 Å². The first-order valence-corrected chi connectivity index (χ1v) is 8.52. The zero-order valence-electron chi connectivity index (χ0n) is 12.8. The second kappa shape index (κ2) is 7.04. The third kappa shape index (κ3) is 4.54. The summed E-state index contributed by atoms with van der Waals surface area (Å²) in [4.78, 5) is 11.3. The highest BCUT2D eigenvalue weighted by molar-refractivity contribution is 7.89. The van der Waals surface area contributed by atoms with Crippen molar-refractivity contribution in [2.75, 3.05) is 0 Å². The van der Waals surface area contributed by atoms with E-state index >= 15 is 0 Å². The fourth-order valence-corrected chi connectivity index (χ4v) is 3.21. The maximum Gasteiger partial charge on any atom is 0.322 e. The van der Waals surface area contributed by atoms with Crippen LogP contribution in [0.1, 0.15) is 45.6 Å². The lowest BCUT2D eigenvalue weighted by molar-refractivity contribution is -0.140. The number of hydrogen-bond donors (Lipinski definition) is 2. The molecule has 0 aliphatic heterocycles. The minimum Gasteiger partial charge on any atom is -0.480 e. The molecule has 2 N–H and O–H groups in total. The average molecular weight is 313 g/mol. The third-order valence-corrected chi connectivity index (χ3v) is 5.08. The Morgan fingerprint density at radius 3 is 2.10 bits per heavy atom. The van der Waals surface area contributed by atoms with Crippen molar-refractivity contribution in [2.45, 2.75) is 51.0 Å². The van der Waals surface area contributed by atoms with Crippen molar-refractivity contribution >= 4 is 16.0 Å². The van der Waals surface area contributed by atoms with Crippen molar-refractivity contribution in [3.63, 3.8) is 0 Å². The zero-order chi connectivity index (χ0) is 16.2. The first kappa shape index (κ1) is 17.7. The van der Waals surface area contributed by atoms with Crippen LogP contribution >= 0.6 is 0 Å². The summed E-state index contributed by atoms with van der Waals surface area (Å²) in [6, 6.07) is 5.39. The molecule has 5 nitrogen and oxygen atoms in total. The minimum absolute atomic E-state index is 0.0847. The van der Waals surface area contributed by atoms with Crippen LogP contribution in [-0.2, 0) is 14.8 Å². The Kier molecular flexibility index (Phi) is 5.92. The van der Waals surface area contributed by atoms with Gasteiger partial charge in [-0.1, -0.05) is 46.2 Å².